The second-order valence-electron chi connectivity index (χ2n) is 5.73. The number of hydrogen-bond acceptors (Lipinski definition) is 6. The molecule has 0 saturated heterocycles. The van der Waals surface area contributed by atoms with Crippen LogP contribution in [-0.4, -0.2) is 30.6 Å². The van der Waals surface area contributed by atoms with Crippen molar-refractivity contribution in [3.63, 3.8) is 0 Å². The molecule has 1 N–H and O–H groups in total. The number of carbonyl (C=O) groups is 1. The number of nitrogens with zero attached hydrogens (tertiary/aromatic N) is 5. The normalized spacial score (nSPS) is 10.8. The van der Waals surface area contributed by atoms with Crippen LogP contribution in [0, 0.1) is 18.6 Å². The maximum Gasteiger partial charge on any atom is 0.262 e. The van der Waals surface area contributed by atoms with E-state index < -0.39 is 23.1 Å². The van der Waals surface area contributed by atoms with Crippen LogP contribution in [0.15, 0.2) is 48.4 Å². The summed E-state index contributed by atoms with van der Waals surface area (Å²) in [7, 11) is 0. The zero-order valence-corrected chi connectivity index (χ0v) is 15.2. The molecule has 0 aliphatic rings. The van der Waals surface area contributed by atoms with Crippen LogP contribution in [0.3, 0.4) is 0 Å². The van der Waals surface area contributed by atoms with Crippen LogP contribution in [0.4, 0.5) is 14.6 Å². The van der Waals surface area contributed by atoms with Gasteiger partial charge >= 0.3 is 0 Å². The third-order valence-corrected chi connectivity index (χ3v) is 4.63. The molecule has 10 heteroatoms. The van der Waals surface area contributed by atoms with Gasteiger partial charge in [-0.3, -0.25) is 9.78 Å². The van der Waals surface area contributed by atoms with Gasteiger partial charge in [-0.1, -0.05) is 6.07 Å². The van der Waals surface area contributed by atoms with Gasteiger partial charge in [0.05, 0.1) is 23.8 Å². The summed E-state index contributed by atoms with van der Waals surface area (Å²) in [5.41, 5.74) is 1.35. The molecule has 0 spiro atoms. The average molecular weight is 398 g/mol. The van der Waals surface area contributed by atoms with Gasteiger partial charge in [-0.2, -0.15) is 5.10 Å². The van der Waals surface area contributed by atoms with E-state index in [2.05, 4.69) is 25.4 Å². The van der Waals surface area contributed by atoms with Gasteiger partial charge in [0.1, 0.15) is 17.2 Å². The van der Waals surface area contributed by atoms with E-state index in [0.29, 0.717) is 5.69 Å². The Balaban J connectivity index is 1.56. The first-order valence-electron chi connectivity index (χ1n) is 8.07. The SMILES string of the molecule is Cc1nn(-c2nccs2)cc1-c1cnc(NC(=O)c2c(F)cccc2F)cn1. The topological polar surface area (TPSA) is 85.6 Å². The van der Waals surface area contributed by atoms with E-state index >= 15 is 0 Å². The second-order valence-corrected chi connectivity index (χ2v) is 6.60. The summed E-state index contributed by atoms with van der Waals surface area (Å²) in [5.74, 6) is -2.77. The molecule has 3 aromatic heterocycles. The summed E-state index contributed by atoms with van der Waals surface area (Å²) in [6.45, 7) is 1.83. The van der Waals surface area contributed by atoms with Crippen LogP contribution in [0.25, 0.3) is 16.4 Å². The van der Waals surface area contributed by atoms with Crippen molar-refractivity contribution in [3.8, 4) is 16.4 Å². The number of rotatable bonds is 4. The third-order valence-electron chi connectivity index (χ3n) is 3.87. The van der Waals surface area contributed by atoms with Crippen LogP contribution < -0.4 is 5.32 Å². The van der Waals surface area contributed by atoms with E-state index in [1.54, 1.807) is 17.1 Å². The lowest BCUT2D eigenvalue weighted by molar-refractivity contribution is 0.101. The number of benzene rings is 1. The van der Waals surface area contributed by atoms with Gasteiger partial charge in [0.25, 0.3) is 5.91 Å². The van der Waals surface area contributed by atoms with Crippen LogP contribution in [0.1, 0.15) is 16.1 Å². The van der Waals surface area contributed by atoms with Crippen LogP contribution in [0.2, 0.25) is 0 Å². The monoisotopic (exact) mass is 398 g/mol. The lowest BCUT2D eigenvalue weighted by atomic mass is 10.2. The first-order chi connectivity index (χ1) is 13.5. The summed E-state index contributed by atoms with van der Waals surface area (Å²) >= 11 is 1.45. The van der Waals surface area contributed by atoms with Crippen molar-refractivity contribution in [1.82, 2.24) is 24.7 Å². The average Bonchev–Trinajstić information content (AvgIpc) is 3.32. The molecular weight excluding hydrogens is 386 g/mol. The second kappa shape index (κ2) is 7.24. The molecule has 0 unspecified atom stereocenters. The van der Waals surface area contributed by atoms with E-state index in [1.807, 2.05) is 12.3 Å². The minimum absolute atomic E-state index is 0.0707. The molecule has 0 radical (unpaired) electrons. The smallest absolute Gasteiger partial charge is 0.262 e. The van der Waals surface area contributed by atoms with Crippen LogP contribution in [0.5, 0.6) is 0 Å². The molecule has 0 atom stereocenters. The highest BCUT2D eigenvalue weighted by molar-refractivity contribution is 7.12. The van der Waals surface area contributed by atoms with Gasteiger partial charge in [-0.25, -0.2) is 23.4 Å². The number of aromatic nitrogens is 5. The standard InChI is InChI=1S/C18H12F2N6OS/c1-10-11(9-26(25-10)18-21-5-6-28-18)14-7-23-15(8-22-14)24-17(27)16-12(19)3-2-4-13(16)20/h2-9H,1H3,(H,23,24,27). The third kappa shape index (κ3) is 3.37. The number of halogens is 2. The molecular formula is C18H12F2N6OS. The van der Waals surface area contributed by atoms with Gasteiger partial charge in [-0.15, -0.1) is 11.3 Å². The Bertz CT molecular complexity index is 1120. The largest absolute Gasteiger partial charge is 0.305 e. The van der Waals surface area contributed by atoms with E-state index in [1.165, 1.54) is 29.8 Å². The molecule has 4 rings (SSSR count). The highest BCUT2D eigenvalue weighted by Gasteiger charge is 2.18. The molecule has 1 amide bonds. The Labute approximate surface area is 161 Å². The molecule has 1 aromatic carbocycles. The van der Waals surface area contributed by atoms with Crippen molar-refractivity contribution in [2.75, 3.05) is 5.32 Å². The van der Waals surface area contributed by atoms with Crippen molar-refractivity contribution in [2.24, 2.45) is 0 Å². The minimum atomic E-state index is -0.952. The number of amides is 1. The number of hydrogen-bond donors (Lipinski definition) is 1. The Morgan fingerprint density at radius 1 is 1.14 bits per heavy atom. The van der Waals surface area contributed by atoms with Gasteiger partial charge in [0.15, 0.2) is 5.82 Å². The van der Waals surface area contributed by atoms with Crippen molar-refractivity contribution in [1.29, 1.82) is 0 Å². The molecule has 4 aromatic rings. The van der Waals surface area contributed by atoms with Crippen molar-refractivity contribution in [2.45, 2.75) is 6.92 Å². The van der Waals surface area contributed by atoms with Crippen LogP contribution in [-0.2, 0) is 0 Å². The lowest BCUT2D eigenvalue weighted by Gasteiger charge is -2.06. The molecule has 0 aliphatic carbocycles. The molecule has 0 bridgehead atoms. The summed E-state index contributed by atoms with van der Waals surface area (Å²) in [6.07, 6.45) is 6.23. The zero-order valence-electron chi connectivity index (χ0n) is 14.4. The first kappa shape index (κ1) is 17.9. The number of thiazole rings is 1. The fraction of sp³-hybridized carbons (Fsp3) is 0.0556. The molecule has 0 fully saturated rings. The van der Waals surface area contributed by atoms with E-state index in [9.17, 15) is 13.6 Å². The predicted octanol–water partition coefficient (Wildman–Crippen LogP) is 3.62. The number of carbonyl (C=O) groups excluding carboxylic acids is 1. The van der Waals surface area contributed by atoms with Crippen molar-refractivity contribution < 1.29 is 13.6 Å². The van der Waals surface area contributed by atoms with Crippen molar-refractivity contribution >= 4 is 23.1 Å². The molecule has 0 saturated carbocycles. The maximum atomic E-state index is 13.7. The predicted molar refractivity (Wildman–Crippen MR) is 99.3 cm³/mol. The minimum Gasteiger partial charge on any atom is -0.305 e. The van der Waals surface area contributed by atoms with Gasteiger partial charge in [-0.05, 0) is 19.1 Å². The summed E-state index contributed by atoms with van der Waals surface area (Å²) in [5, 5.41) is 9.31. The maximum absolute atomic E-state index is 13.7. The Morgan fingerprint density at radius 3 is 2.57 bits per heavy atom. The highest BCUT2D eigenvalue weighted by atomic mass is 32.1. The van der Waals surface area contributed by atoms with E-state index in [4.69, 9.17) is 0 Å². The number of anilines is 1. The summed E-state index contributed by atoms with van der Waals surface area (Å²) < 4.78 is 29.1. The van der Waals surface area contributed by atoms with E-state index in [-0.39, 0.29) is 5.82 Å². The molecule has 28 heavy (non-hydrogen) atoms. The lowest BCUT2D eigenvalue weighted by Crippen LogP contribution is -2.16. The zero-order chi connectivity index (χ0) is 19.7. The quantitative estimate of drug-likeness (QED) is 0.567. The van der Waals surface area contributed by atoms with Gasteiger partial charge < -0.3 is 5.32 Å². The molecule has 140 valence electrons. The molecule has 3 heterocycles. The highest BCUT2D eigenvalue weighted by Crippen LogP contribution is 2.23. The van der Waals surface area contributed by atoms with Crippen LogP contribution >= 0.6 is 11.3 Å². The number of nitrogens with one attached hydrogen (secondary N) is 1. The first-order valence-corrected chi connectivity index (χ1v) is 8.95. The molecule has 0 aliphatic heterocycles. The van der Waals surface area contributed by atoms with Gasteiger partial charge in [0.2, 0.25) is 5.13 Å². The fourth-order valence-corrected chi connectivity index (χ4v) is 3.13. The summed E-state index contributed by atoms with van der Waals surface area (Å²) in [6, 6.07) is 3.20. The van der Waals surface area contributed by atoms with Gasteiger partial charge in [0, 0.05) is 23.3 Å². The Morgan fingerprint density at radius 2 is 1.93 bits per heavy atom. The number of aryl methyl sites for hydroxylation is 1. The molecule has 7 nitrogen and oxygen atoms in total. The fourth-order valence-electron chi connectivity index (χ4n) is 2.56. The Kier molecular flexibility index (Phi) is 4.62. The Hall–Kier alpha value is -3.53. The van der Waals surface area contributed by atoms with E-state index in [0.717, 1.165) is 28.5 Å². The summed E-state index contributed by atoms with van der Waals surface area (Å²) in [4.78, 5) is 24.7. The van der Waals surface area contributed by atoms with Crippen molar-refractivity contribution in [3.05, 3.63) is 71.3 Å².